The first-order valence-corrected chi connectivity index (χ1v) is 12.5. The van der Waals surface area contributed by atoms with Gasteiger partial charge in [-0.2, -0.15) is 5.10 Å². The Kier molecular flexibility index (Phi) is 7.28. The third-order valence-corrected chi connectivity index (χ3v) is 7.12. The van der Waals surface area contributed by atoms with Crippen molar-refractivity contribution in [3.8, 4) is 16.9 Å². The first-order valence-electron chi connectivity index (χ1n) is 11.3. The Morgan fingerprint density at radius 1 is 1.08 bits per heavy atom. The number of amides is 1. The smallest absolute Gasteiger partial charge is 0.254 e. The van der Waals surface area contributed by atoms with E-state index in [4.69, 9.17) is 21.4 Å². The molecule has 3 heterocycles. The van der Waals surface area contributed by atoms with Gasteiger partial charge >= 0.3 is 0 Å². The quantitative estimate of drug-likeness (QED) is 0.237. The van der Waals surface area contributed by atoms with Crippen LogP contribution in [0.25, 0.3) is 28.0 Å². The number of ether oxygens (including phenoxy) is 1. The summed E-state index contributed by atoms with van der Waals surface area (Å²) >= 11 is 10.2. The summed E-state index contributed by atoms with van der Waals surface area (Å²) in [6.45, 7) is -0.618. The molecule has 37 heavy (non-hydrogen) atoms. The number of hydrogen-bond acceptors (Lipinski definition) is 8. The van der Waals surface area contributed by atoms with E-state index in [2.05, 4.69) is 26.2 Å². The fraction of sp³-hybridized carbons (Fsp3) is 0.240. The van der Waals surface area contributed by atoms with Gasteiger partial charge in [0, 0.05) is 16.2 Å². The van der Waals surface area contributed by atoms with E-state index in [1.54, 1.807) is 4.68 Å². The maximum Gasteiger partial charge on any atom is 0.254 e. The minimum Gasteiger partial charge on any atom is -0.394 e. The summed E-state index contributed by atoms with van der Waals surface area (Å²) in [7, 11) is 0. The summed E-state index contributed by atoms with van der Waals surface area (Å²) in [6, 6.07) is 15.4. The summed E-state index contributed by atoms with van der Waals surface area (Å²) in [5.74, 6) is -0.755. The molecular weight excluding hydrogens is 568 g/mol. The molecule has 5 rings (SSSR count). The van der Waals surface area contributed by atoms with E-state index in [0.717, 1.165) is 15.7 Å². The second-order valence-corrected chi connectivity index (χ2v) is 9.81. The number of aliphatic hydroxyl groups is 4. The Balaban J connectivity index is 1.58. The van der Waals surface area contributed by atoms with Crippen molar-refractivity contribution in [2.45, 2.75) is 30.6 Å². The van der Waals surface area contributed by atoms with Crippen molar-refractivity contribution < 1.29 is 30.0 Å². The lowest BCUT2D eigenvalue weighted by atomic mass is 9.97. The molecule has 5 atom stereocenters. The van der Waals surface area contributed by atoms with Crippen molar-refractivity contribution in [2.75, 3.05) is 6.61 Å². The Bertz CT molecular complexity index is 1430. The van der Waals surface area contributed by atoms with Crippen LogP contribution in [0.5, 0.6) is 0 Å². The second kappa shape index (κ2) is 10.5. The minimum atomic E-state index is -1.67. The number of fused-ring (bicyclic) bond motifs is 1. The van der Waals surface area contributed by atoms with E-state index < -0.39 is 43.2 Å². The van der Waals surface area contributed by atoms with E-state index in [-0.39, 0.29) is 10.6 Å². The van der Waals surface area contributed by atoms with E-state index in [9.17, 15) is 25.2 Å². The highest BCUT2D eigenvalue weighted by atomic mass is 79.9. The summed E-state index contributed by atoms with van der Waals surface area (Å²) in [5, 5.41) is 47.8. The molecule has 0 aliphatic carbocycles. The highest BCUT2D eigenvalue weighted by Crippen LogP contribution is 2.36. The van der Waals surface area contributed by atoms with E-state index in [1.807, 2.05) is 54.6 Å². The van der Waals surface area contributed by atoms with Crippen LogP contribution in [0, 0.1) is 0 Å². The van der Waals surface area contributed by atoms with Crippen molar-refractivity contribution in [3.05, 3.63) is 75.9 Å². The predicted octanol–water partition coefficient (Wildman–Crippen LogP) is 2.03. The van der Waals surface area contributed by atoms with Gasteiger partial charge in [0.05, 0.1) is 28.3 Å². The van der Waals surface area contributed by atoms with Crippen LogP contribution in [0.2, 0.25) is 5.02 Å². The molecule has 0 unspecified atom stereocenters. The monoisotopic (exact) mass is 588 g/mol. The molecule has 1 aliphatic heterocycles. The molecule has 1 aliphatic rings. The van der Waals surface area contributed by atoms with Gasteiger partial charge < -0.3 is 30.5 Å². The number of aliphatic hydroxyl groups excluding tert-OH is 4. The minimum absolute atomic E-state index is 0.0293. The Labute approximate surface area is 224 Å². The first kappa shape index (κ1) is 25.7. The van der Waals surface area contributed by atoms with E-state index >= 15 is 0 Å². The van der Waals surface area contributed by atoms with Gasteiger partial charge in [-0.3, -0.25) is 4.79 Å². The summed E-state index contributed by atoms with van der Waals surface area (Å²) < 4.78 is 7.63. The van der Waals surface area contributed by atoms with Crippen molar-refractivity contribution >= 4 is 44.5 Å². The summed E-state index contributed by atoms with van der Waals surface area (Å²) in [6.07, 6.45) is -4.71. The SMILES string of the molecule is O=C(N[C@H]1[C@H](O)[C@@H](O)[C@H](CO)O[C@H]1O)c1cnc2c(c(-c3ccc(Br)cc3)nn2-c2ccccc2)c1Cl. The molecule has 0 radical (unpaired) electrons. The van der Waals surface area contributed by atoms with E-state index in [0.29, 0.717) is 16.7 Å². The molecule has 1 fully saturated rings. The Morgan fingerprint density at radius 3 is 2.46 bits per heavy atom. The third-order valence-electron chi connectivity index (χ3n) is 6.19. The van der Waals surface area contributed by atoms with Gasteiger partial charge in [-0.05, 0) is 24.3 Å². The lowest BCUT2D eigenvalue weighted by molar-refractivity contribution is -0.252. The highest BCUT2D eigenvalue weighted by Gasteiger charge is 2.44. The molecule has 1 amide bonds. The topological polar surface area (TPSA) is 150 Å². The molecule has 0 bridgehead atoms. The highest BCUT2D eigenvalue weighted by molar-refractivity contribution is 9.10. The molecule has 5 N–H and O–H groups in total. The molecule has 12 heteroatoms. The number of nitrogens with one attached hydrogen (secondary N) is 1. The number of aromatic nitrogens is 3. The van der Waals surface area contributed by atoms with Crippen LogP contribution in [-0.2, 0) is 4.74 Å². The number of benzene rings is 2. The third kappa shape index (κ3) is 4.75. The molecule has 1 saturated heterocycles. The standard InChI is InChI=1S/C25H22BrClN4O6/c26-13-8-6-12(7-9-13)19-17-18(27)15(10-28-23(17)31(30-19)14-4-2-1-3-5-14)24(35)29-20-22(34)21(33)16(11-32)37-25(20)36/h1-10,16,20-22,25,32-34,36H,11H2,(H,29,35)/t16-,20-,21-,22-,25+/m0/s1. The number of nitrogens with zero attached hydrogens (tertiary/aromatic N) is 3. The number of para-hydroxylation sites is 1. The van der Waals surface area contributed by atoms with Gasteiger partial charge in [-0.15, -0.1) is 0 Å². The van der Waals surface area contributed by atoms with Gasteiger partial charge in [-0.1, -0.05) is 57.9 Å². The number of carbonyl (C=O) groups is 1. The molecule has 4 aromatic rings. The van der Waals surface area contributed by atoms with Crippen LogP contribution in [-0.4, -0.2) is 78.3 Å². The van der Waals surface area contributed by atoms with Crippen LogP contribution in [0.4, 0.5) is 0 Å². The van der Waals surface area contributed by atoms with Crippen molar-refractivity contribution in [3.63, 3.8) is 0 Å². The normalized spacial score (nSPS) is 23.8. The van der Waals surface area contributed by atoms with Crippen molar-refractivity contribution in [2.24, 2.45) is 0 Å². The molecule has 10 nitrogen and oxygen atoms in total. The Morgan fingerprint density at radius 2 is 1.78 bits per heavy atom. The average molecular weight is 590 g/mol. The maximum atomic E-state index is 13.2. The van der Waals surface area contributed by atoms with Crippen LogP contribution < -0.4 is 5.32 Å². The number of hydrogen-bond donors (Lipinski definition) is 5. The van der Waals surface area contributed by atoms with Gasteiger partial charge in [-0.25, -0.2) is 9.67 Å². The van der Waals surface area contributed by atoms with Crippen LogP contribution >= 0.6 is 27.5 Å². The molecule has 0 spiro atoms. The molecule has 2 aromatic carbocycles. The summed E-state index contributed by atoms with van der Waals surface area (Å²) in [4.78, 5) is 17.7. The van der Waals surface area contributed by atoms with Gasteiger partial charge in [0.1, 0.15) is 30.0 Å². The lowest BCUT2D eigenvalue weighted by Crippen LogP contribution is -2.64. The van der Waals surface area contributed by atoms with Gasteiger partial charge in [0.15, 0.2) is 11.9 Å². The fourth-order valence-corrected chi connectivity index (χ4v) is 4.82. The zero-order valence-corrected chi connectivity index (χ0v) is 21.4. The second-order valence-electron chi connectivity index (χ2n) is 8.52. The van der Waals surface area contributed by atoms with Crippen LogP contribution in [0.3, 0.4) is 0 Å². The number of carbonyl (C=O) groups excluding carboxylic acids is 1. The summed E-state index contributed by atoms with van der Waals surface area (Å²) in [5.41, 5.74) is 2.38. The van der Waals surface area contributed by atoms with Gasteiger partial charge in [0.25, 0.3) is 5.91 Å². The largest absolute Gasteiger partial charge is 0.394 e. The zero-order chi connectivity index (χ0) is 26.3. The van der Waals surface area contributed by atoms with Crippen LogP contribution in [0.15, 0.2) is 65.3 Å². The predicted molar refractivity (Wildman–Crippen MR) is 138 cm³/mol. The average Bonchev–Trinajstić information content (AvgIpc) is 3.30. The van der Waals surface area contributed by atoms with Crippen LogP contribution in [0.1, 0.15) is 10.4 Å². The van der Waals surface area contributed by atoms with E-state index in [1.165, 1.54) is 6.20 Å². The first-order chi connectivity index (χ1) is 17.8. The molecule has 0 saturated carbocycles. The lowest BCUT2D eigenvalue weighted by Gasteiger charge is -2.40. The number of rotatable bonds is 5. The number of pyridine rings is 1. The van der Waals surface area contributed by atoms with Crippen molar-refractivity contribution in [1.82, 2.24) is 20.1 Å². The van der Waals surface area contributed by atoms with Crippen molar-refractivity contribution in [1.29, 1.82) is 0 Å². The molecular formula is C25H22BrClN4O6. The Hall–Kier alpha value is -2.90. The van der Waals surface area contributed by atoms with Gasteiger partial charge in [0.2, 0.25) is 0 Å². The number of halogens is 2. The maximum absolute atomic E-state index is 13.2. The zero-order valence-electron chi connectivity index (χ0n) is 19.1. The molecule has 192 valence electrons. The fourth-order valence-electron chi connectivity index (χ4n) is 4.25. The molecule has 2 aromatic heterocycles.